The molecule has 0 unspecified atom stereocenters. The lowest BCUT2D eigenvalue weighted by atomic mass is 9.95. The molecule has 1 N–H and O–H groups in total. The fraction of sp³-hybridized carbons (Fsp3) is 0.556. The number of hydrogen-bond donors (Lipinski definition) is 1. The third-order valence-corrected chi connectivity index (χ3v) is 4.48. The normalized spacial score (nSPS) is 15.5. The second-order valence-electron chi connectivity index (χ2n) is 6.06. The van der Waals surface area contributed by atoms with Gasteiger partial charge in [0.25, 0.3) is 0 Å². The molecule has 5 nitrogen and oxygen atoms in total. The van der Waals surface area contributed by atoms with Crippen molar-refractivity contribution in [2.45, 2.75) is 26.2 Å². The molecule has 2 amide bonds. The van der Waals surface area contributed by atoms with E-state index in [-0.39, 0.29) is 24.3 Å². The van der Waals surface area contributed by atoms with Crippen molar-refractivity contribution in [3.05, 3.63) is 35.9 Å². The van der Waals surface area contributed by atoms with Crippen molar-refractivity contribution in [3.63, 3.8) is 0 Å². The van der Waals surface area contributed by atoms with Crippen molar-refractivity contribution in [2.24, 2.45) is 5.92 Å². The summed E-state index contributed by atoms with van der Waals surface area (Å²) in [6.45, 7) is 3.84. The Balaban J connectivity index is 1.89. The Hall–Kier alpha value is -1.88. The van der Waals surface area contributed by atoms with E-state index in [1.165, 1.54) is 5.56 Å². The number of likely N-dealkylation sites (tertiary alicyclic amines) is 1. The lowest BCUT2D eigenvalue weighted by molar-refractivity contribution is -0.140. The molecule has 0 aliphatic carbocycles. The number of piperidine rings is 1. The van der Waals surface area contributed by atoms with Gasteiger partial charge in [0.2, 0.25) is 11.8 Å². The topological polar surface area (TPSA) is 60.9 Å². The van der Waals surface area contributed by atoms with Gasteiger partial charge in [0.15, 0.2) is 0 Å². The molecule has 0 atom stereocenters. The number of aliphatic hydroxyl groups is 1. The Morgan fingerprint density at radius 3 is 2.39 bits per heavy atom. The van der Waals surface area contributed by atoms with Crippen LogP contribution in [-0.2, 0) is 16.0 Å². The van der Waals surface area contributed by atoms with Gasteiger partial charge in [-0.2, -0.15) is 0 Å². The van der Waals surface area contributed by atoms with E-state index in [1.54, 1.807) is 16.7 Å². The summed E-state index contributed by atoms with van der Waals surface area (Å²) in [5, 5.41) is 9.25. The highest BCUT2D eigenvalue weighted by molar-refractivity contribution is 5.79. The molecule has 0 saturated carbocycles. The molecule has 5 heteroatoms. The van der Waals surface area contributed by atoms with Gasteiger partial charge in [0, 0.05) is 39.0 Å². The lowest BCUT2D eigenvalue weighted by Gasteiger charge is -2.33. The first-order valence-electron chi connectivity index (χ1n) is 8.31. The van der Waals surface area contributed by atoms with Crippen molar-refractivity contribution in [3.8, 4) is 0 Å². The molecule has 1 aromatic rings. The van der Waals surface area contributed by atoms with Crippen molar-refractivity contribution in [1.29, 1.82) is 0 Å². The first-order chi connectivity index (χ1) is 11.1. The summed E-state index contributed by atoms with van der Waals surface area (Å²) in [6, 6.07) is 10.1. The molecule has 126 valence electrons. The van der Waals surface area contributed by atoms with Crippen LogP contribution in [-0.4, -0.2) is 59.5 Å². The van der Waals surface area contributed by atoms with E-state index >= 15 is 0 Å². The lowest BCUT2D eigenvalue weighted by Crippen LogP contribution is -2.45. The summed E-state index contributed by atoms with van der Waals surface area (Å²) in [4.78, 5) is 27.6. The fourth-order valence-corrected chi connectivity index (χ4v) is 3.06. The van der Waals surface area contributed by atoms with E-state index in [1.807, 2.05) is 30.3 Å². The number of hydrogen-bond acceptors (Lipinski definition) is 3. The molecule has 0 radical (unpaired) electrons. The number of carbonyl (C=O) groups is 2. The predicted octanol–water partition coefficient (Wildman–Crippen LogP) is 1.31. The molecule has 0 spiro atoms. The predicted molar refractivity (Wildman–Crippen MR) is 88.8 cm³/mol. The van der Waals surface area contributed by atoms with Crippen LogP contribution in [0.15, 0.2) is 30.3 Å². The molecular weight excluding hydrogens is 292 g/mol. The minimum absolute atomic E-state index is 0.0210. The molecular formula is C18H26N2O3. The van der Waals surface area contributed by atoms with Crippen LogP contribution in [0.5, 0.6) is 0 Å². The van der Waals surface area contributed by atoms with Crippen molar-refractivity contribution < 1.29 is 14.7 Å². The standard InChI is InChI=1S/C18H26N2O3/c1-15(22)19-11-8-17(9-12-19)18(23)20(13-14-21)10-7-16-5-3-2-4-6-16/h2-6,17,21H,7-14H2,1H3. The molecule has 23 heavy (non-hydrogen) atoms. The highest BCUT2D eigenvalue weighted by Crippen LogP contribution is 2.20. The zero-order valence-corrected chi connectivity index (χ0v) is 13.8. The molecule has 1 aliphatic heterocycles. The third-order valence-electron chi connectivity index (χ3n) is 4.48. The number of carbonyl (C=O) groups excluding carboxylic acids is 2. The number of benzene rings is 1. The molecule has 2 rings (SSSR count). The monoisotopic (exact) mass is 318 g/mol. The molecule has 1 fully saturated rings. The van der Waals surface area contributed by atoms with Gasteiger partial charge in [-0.25, -0.2) is 0 Å². The van der Waals surface area contributed by atoms with Gasteiger partial charge in [-0.1, -0.05) is 30.3 Å². The van der Waals surface area contributed by atoms with E-state index in [2.05, 4.69) is 0 Å². The second kappa shape index (κ2) is 8.67. The van der Waals surface area contributed by atoms with Crippen molar-refractivity contribution in [2.75, 3.05) is 32.8 Å². The Bertz CT molecular complexity index is 510. The van der Waals surface area contributed by atoms with Crippen molar-refractivity contribution >= 4 is 11.8 Å². The maximum Gasteiger partial charge on any atom is 0.225 e. The summed E-state index contributed by atoms with van der Waals surface area (Å²) in [6.07, 6.45) is 2.22. The smallest absolute Gasteiger partial charge is 0.225 e. The quantitative estimate of drug-likeness (QED) is 0.860. The summed E-state index contributed by atoms with van der Waals surface area (Å²) < 4.78 is 0. The minimum Gasteiger partial charge on any atom is -0.395 e. The van der Waals surface area contributed by atoms with E-state index in [0.29, 0.717) is 39.0 Å². The molecule has 1 aromatic carbocycles. The van der Waals surface area contributed by atoms with Gasteiger partial charge < -0.3 is 14.9 Å². The molecule has 1 aliphatic rings. The highest BCUT2D eigenvalue weighted by atomic mass is 16.3. The van der Waals surface area contributed by atoms with Gasteiger partial charge in [0.05, 0.1) is 6.61 Å². The average molecular weight is 318 g/mol. The second-order valence-corrected chi connectivity index (χ2v) is 6.06. The van der Waals surface area contributed by atoms with E-state index < -0.39 is 0 Å². The average Bonchev–Trinajstić information content (AvgIpc) is 2.59. The van der Waals surface area contributed by atoms with Crippen LogP contribution in [0.25, 0.3) is 0 Å². The van der Waals surface area contributed by atoms with Gasteiger partial charge in [-0.15, -0.1) is 0 Å². The van der Waals surface area contributed by atoms with Crippen LogP contribution in [0.2, 0.25) is 0 Å². The summed E-state index contributed by atoms with van der Waals surface area (Å²) >= 11 is 0. The zero-order chi connectivity index (χ0) is 16.7. The van der Waals surface area contributed by atoms with Gasteiger partial charge >= 0.3 is 0 Å². The molecule has 0 bridgehead atoms. The first kappa shape index (κ1) is 17.5. The Kier molecular flexibility index (Phi) is 6.59. The maximum absolute atomic E-state index is 12.7. The number of nitrogens with zero attached hydrogens (tertiary/aromatic N) is 2. The Labute approximate surface area is 137 Å². The van der Waals surface area contributed by atoms with Gasteiger partial charge in [0.1, 0.15) is 0 Å². The van der Waals surface area contributed by atoms with Crippen LogP contribution in [0.4, 0.5) is 0 Å². The zero-order valence-electron chi connectivity index (χ0n) is 13.8. The fourth-order valence-electron chi connectivity index (χ4n) is 3.06. The number of amides is 2. The Morgan fingerprint density at radius 2 is 1.83 bits per heavy atom. The van der Waals surface area contributed by atoms with Crippen LogP contribution in [0, 0.1) is 5.92 Å². The molecule has 1 heterocycles. The Morgan fingerprint density at radius 1 is 1.17 bits per heavy atom. The van der Waals surface area contributed by atoms with Gasteiger partial charge in [-0.05, 0) is 24.8 Å². The molecule has 0 aromatic heterocycles. The van der Waals surface area contributed by atoms with Crippen molar-refractivity contribution in [1.82, 2.24) is 9.80 Å². The number of rotatable bonds is 6. The first-order valence-corrected chi connectivity index (χ1v) is 8.31. The summed E-state index contributed by atoms with van der Waals surface area (Å²) in [5.41, 5.74) is 1.19. The van der Waals surface area contributed by atoms with Crippen LogP contribution < -0.4 is 0 Å². The molecule has 1 saturated heterocycles. The summed E-state index contributed by atoms with van der Waals surface area (Å²) in [5.74, 6) is 0.151. The van der Waals surface area contributed by atoms with E-state index in [0.717, 1.165) is 6.42 Å². The largest absolute Gasteiger partial charge is 0.395 e. The highest BCUT2D eigenvalue weighted by Gasteiger charge is 2.29. The SMILES string of the molecule is CC(=O)N1CCC(C(=O)N(CCO)CCc2ccccc2)CC1. The third kappa shape index (κ3) is 5.06. The van der Waals surface area contributed by atoms with Crippen LogP contribution in [0.3, 0.4) is 0 Å². The summed E-state index contributed by atoms with van der Waals surface area (Å²) in [7, 11) is 0. The number of aliphatic hydroxyl groups excluding tert-OH is 1. The minimum atomic E-state index is -0.0343. The van der Waals surface area contributed by atoms with Crippen LogP contribution >= 0.6 is 0 Å². The van der Waals surface area contributed by atoms with E-state index in [9.17, 15) is 14.7 Å². The van der Waals surface area contributed by atoms with Crippen LogP contribution in [0.1, 0.15) is 25.3 Å². The van der Waals surface area contributed by atoms with Gasteiger partial charge in [-0.3, -0.25) is 9.59 Å². The van der Waals surface area contributed by atoms with E-state index in [4.69, 9.17) is 0 Å². The maximum atomic E-state index is 12.7.